The van der Waals surface area contributed by atoms with E-state index in [1.54, 1.807) is 0 Å². The topological polar surface area (TPSA) is 44.9 Å². The highest BCUT2D eigenvalue weighted by Crippen LogP contribution is 2.38. The third kappa shape index (κ3) is 2.60. The zero-order chi connectivity index (χ0) is 18.4. The van der Waals surface area contributed by atoms with E-state index in [0.717, 1.165) is 54.7 Å². The van der Waals surface area contributed by atoms with Gasteiger partial charge in [-0.05, 0) is 49.7 Å². The molecule has 0 radical (unpaired) electrons. The number of halogens is 1. The largest absolute Gasteiger partial charge is 0.406 e. The third-order valence-corrected chi connectivity index (χ3v) is 5.89. The molecule has 4 rings (SSSR count). The molecule has 0 unspecified atom stereocenters. The van der Waals surface area contributed by atoms with Gasteiger partial charge in [-0.2, -0.15) is 10.1 Å². The Balaban J connectivity index is 1.84. The van der Waals surface area contributed by atoms with Crippen LogP contribution in [0.3, 0.4) is 0 Å². The molecule has 6 heteroatoms. The summed E-state index contributed by atoms with van der Waals surface area (Å²) in [6, 6.07) is 4.66. The summed E-state index contributed by atoms with van der Waals surface area (Å²) < 4.78 is 10.1. The molecule has 0 amide bonds. The van der Waals surface area contributed by atoms with E-state index in [1.165, 1.54) is 11.1 Å². The second-order valence-corrected chi connectivity index (χ2v) is 7.52. The minimum absolute atomic E-state index is 0.485. The molecular weight excluding hydrogens is 348 g/mol. The molecule has 5 nitrogen and oxygen atoms in total. The maximum absolute atomic E-state index is 6.46. The van der Waals surface area contributed by atoms with Gasteiger partial charge in [0.15, 0.2) is 0 Å². The molecule has 0 N–H and O–H groups in total. The van der Waals surface area contributed by atoms with Crippen molar-refractivity contribution in [2.75, 3.05) is 0 Å². The first-order chi connectivity index (χ1) is 12.5. The van der Waals surface area contributed by atoms with Crippen LogP contribution in [0.4, 0.5) is 0 Å². The van der Waals surface area contributed by atoms with Crippen molar-refractivity contribution in [3.8, 4) is 11.9 Å². The van der Waals surface area contributed by atoms with Gasteiger partial charge < -0.3 is 4.74 Å². The highest BCUT2D eigenvalue weighted by Gasteiger charge is 2.25. The van der Waals surface area contributed by atoms with Gasteiger partial charge in [-0.15, -0.1) is 0 Å². The lowest BCUT2D eigenvalue weighted by molar-refractivity contribution is 0.383. The molecule has 26 heavy (non-hydrogen) atoms. The van der Waals surface area contributed by atoms with Crippen LogP contribution in [0.2, 0.25) is 5.02 Å². The Bertz CT molecular complexity index is 968. The van der Waals surface area contributed by atoms with Gasteiger partial charge in [-0.1, -0.05) is 31.5 Å². The maximum Gasteiger partial charge on any atom is 0.304 e. The number of imidazole rings is 1. The monoisotopic (exact) mass is 372 g/mol. The van der Waals surface area contributed by atoms with E-state index in [9.17, 15) is 0 Å². The minimum Gasteiger partial charge on any atom is -0.406 e. The van der Waals surface area contributed by atoms with Gasteiger partial charge >= 0.3 is 6.01 Å². The molecule has 0 saturated carbocycles. The average Bonchev–Trinajstić information content (AvgIpc) is 3.28. The molecule has 0 spiro atoms. The van der Waals surface area contributed by atoms with Crippen LogP contribution in [0, 0.1) is 0 Å². The molecule has 138 valence electrons. The molecule has 0 saturated heterocycles. The number of aromatic nitrogens is 4. The Kier molecular flexibility index (Phi) is 4.43. The highest BCUT2D eigenvalue weighted by molar-refractivity contribution is 6.35. The number of aryl methyl sites for hydroxylation is 3. The van der Waals surface area contributed by atoms with Crippen LogP contribution in [-0.2, 0) is 26.9 Å². The summed E-state index contributed by atoms with van der Waals surface area (Å²) >= 11 is 6.46. The zero-order valence-electron chi connectivity index (χ0n) is 15.8. The number of nitrogens with zero attached hydrogens (tertiary/aromatic N) is 4. The van der Waals surface area contributed by atoms with Crippen LogP contribution in [0.15, 0.2) is 12.1 Å². The summed E-state index contributed by atoms with van der Waals surface area (Å²) in [4.78, 5) is 4.73. The molecule has 0 aliphatic heterocycles. The fourth-order valence-electron chi connectivity index (χ4n) is 4.15. The lowest BCUT2D eigenvalue weighted by Crippen LogP contribution is -2.03. The van der Waals surface area contributed by atoms with Gasteiger partial charge in [0.2, 0.25) is 5.88 Å². The Morgan fingerprint density at radius 2 is 1.96 bits per heavy atom. The van der Waals surface area contributed by atoms with Crippen molar-refractivity contribution in [3.05, 3.63) is 34.0 Å². The lowest BCUT2D eigenvalue weighted by Gasteiger charge is -2.15. The van der Waals surface area contributed by atoms with Crippen molar-refractivity contribution in [1.82, 2.24) is 19.3 Å². The predicted molar refractivity (Wildman–Crippen MR) is 104 cm³/mol. The molecule has 0 atom stereocenters. The van der Waals surface area contributed by atoms with Crippen LogP contribution in [0.1, 0.15) is 55.8 Å². The Morgan fingerprint density at radius 3 is 2.69 bits per heavy atom. The molecule has 2 heterocycles. The van der Waals surface area contributed by atoms with Gasteiger partial charge in [0.05, 0.1) is 16.2 Å². The van der Waals surface area contributed by atoms with Crippen LogP contribution in [0.5, 0.6) is 11.9 Å². The van der Waals surface area contributed by atoms with Crippen LogP contribution >= 0.6 is 11.6 Å². The zero-order valence-corrected chi connectivity index (χ0v) is 16.6. The molecular formula is C20H25ClN4O. The van der Waals surface area contributed by atoms with Gasteiger partial charge in [0.1, 0.15) is 5.52 Å². The second-order valence-electron chi connectivity index (χ2n) is 7.11. The number of fused-ring (bicyclic) bond motifs is 2. The Hall–Kier alpha value is -2.01. The quantitative estimate of drug-likeness (QED) is 0.622. The second kappa shape index (κ2) is 6.62. The average molecular weight is 373 g/mol. The van der Waals surface area contributed by atoms with E-state index in [0.29, 0.717) is 17.0 Å². The Labute approximate surface area is 158 Å². The fourth-order valence-corrected chi connectivity index (χ4v) is 4.34. The standard InChI is InChI=1S/C20H25ClN4O/c1-5-12(6-2)13-10-11-15(21)17-18(13)24(3)20(22-17)26-19-14-8-7-9-16(14)23-25(19)4/h10-12H,5-9H2,1-4H3. The summed E-state index contributed by atoms with van der Waals surface area (Å²) in [5.74, 6) is 1.29. The molecule has 3 aromatic rings. The number of ether oxygens (including phenoxy) is 1. The van der Waals surface area contributed by atoms with Crippen molar-refractivity contribution >= 4 is 22.6 Å². The first kappa shape index (κ1) is 17.4. The third-order valence-electron chi connectivity index (χ3n) is 5.59. The van der Waals surface area contributed by atoms with Crippen molar-refractivity contribution in [3.63, 3.8) is 0 Å². The molecule has 0 bridgehead atoms. The van der Waals surface area contributed by atoms with E-state index >= 15 is 0 Å². The summed E-state index contributed by atoms with van der Waals surface area (Å²) in [6.45, 7) is 4.45. The normalized spacial score (nSPS) is 13.8. The molecule has 1 aliphatic rings. The number of rotatable bonds is 5. The lowest BCUT2D eigenvalue weighted by atomic mass is 9.93. The molecule has 1 aromatic carbocycles. The van der Waals surface area contributed by atoms with E-state index in [1.807, 2.05) is 29.4 Å². The number of hydrogen-bond donors (Lipinski definition) is 0. The van der Waals surface area contributed by atoms with Crippen LogP contribution in [-0.4, -0.2) is 19.3 Å². The summed E-state index contributed by atoms with van der Waals surface area (Å²) in [5.41, 5.74) is 5.53. The minimum atomic E-state index is 0.485. The van der Waals surface area contributed by atoms with Crippen LogP contribution < -0.4 is 4.74 Å². The highest BCUT2D eigenvalue weighted by atomic mass is 35.5. The van der Waals surface area contributed by atoms with Gasteiger partial charge in [0.25, 0.3) is 0 Å². The summed E-state index contributed by atoms with van der Waals surface area (Å²) in [6.07, 6.45) is 5.36. The van der Waals surface area contributed by atoms with E-state index in [4.69, 9.17) is 21.3 Å². The van der Waals surface area contributed by atoms with E-state index < -0.39 is 0 Å². The van der Waals surface area contributed by atoms with Gasteiger partial charge in [-0.25, -0.2) is 4.68 Å². The number of hydrogen-bond acceptors (Lipinski definition) is 3. The van der Waals surface area contributed by atoms with Gasteiger partial charge in [-0.3, -0.25) is 4.57 Å². The van der Waals surface area contributed by atoms with E-state index in [2.05, 4.69) is 25.0 Å². The first-order valence-electron chi connectivity index (χ1n) is 9.42. The molecule has 2 aromatic heterocycles. The SMILES string of the molecule is CCC(CC)c1ccc(Cl)c2nc(Oc3c4c(nn3C)CCC4)n(C)c12. The van der Waals surface area contributed by atoms with Crippen molar-refractivity contribution < 1.29 is 4.74 Å². The first-order valence-corrected chi connectivity index (χ1v) is 9.80. The van der Waals surface area contributed by atoms with Crippen molar-refractivity contribution in [2.24, 2.45) is 14.1 Å². The van der Waals surface area contributed by atoms with Crippen molar-refractivity contribution in [2.45, 2.75) is 51.9 Å². The summed E-state index contributed by atoms with van der Waals surface area (Å²) in [7, 11) is 3.93. The fraction of sp³-hybridized carbons (Fsp3) is 0.500. The van der Waals surface area contributed by atoms with Gasteiger partial charge in [0, 0.05) is 19.7 Å². The molecule has 0 fully saturated rings. The Morgan fingerprint density at radius 1 is 1.19 bits per heavy atom. The van der Waals surface area contributed by atoms with E-state index in [-0.39, 0.29) is 0 Å². The molecule has 1 aliphatic carbocycles. The van der Waals surface area contributed by atoms with Crippen molar-refractivity contribution in [1.29, 1.82) is 0 Å². The summed E-state index contributed by atoms with van der Waals surface area (Å²) in [5, 5.41) is 5.25. The predicted octanol–water partition coefficient (Wildman–Crippen LogP) is 5.14. The van der Waals surface area contributed by atoms with Crippen LogP contribution in [0.25, 0.3) is 11.0 Å². The smallest absolute Gasteiger partial charge is 0.304 e. The maximum atomic E-state index is 6.46. The number of benzene rings is 1.